The van der Waals surface area contributed by atoms with Gasteiger partial charge in [-0.15, -0.1) is 0 Å². The van der Waals surface area contributed by atoms with Gasteiger partial charge in [-0.1, -0.05) is 23.7 Å². The van der Waals surface area contributed by atoms with E-state index in [0.29, 0.717) is 24.7 Å². The van der Waals surface area contributed by atoms with Crippen molar-refractivity contribution in [3.8, 4) is 0 Å². The number of rotatable bonds is 4. The van der Waals surface area contributed by atoms with Gasteiger partial charge in [-0.3, -0.25) is 4.79 Å². The summed E-state index contributed by atoms with van der Waals surface area (Å²) in [6.45, 7) is 1.37. The third-order valence-electron chi connectivity index (χ3n) is 3.35. The Hall–Kier alpha value is -1.11. The summed E-state index contributed by atoms with van der Waals surface area (Å²) in [5, 5.41) is 0.649. The van der Waals surface area contributed by atoms with E-state index < -0.39 is 9.84 Å². The van der Waals surface area contributed by atoms with Gasteiger partial charge in [-0.05, 0) is 17.7 Å². The average Bonchev–Trinajstić information content (AvgIpc) is 2.45. The molecule has 1 atom stereocenters. The van der Waals surface area contributed by atoms with Gasteiger partial charge in [0.05, 0.1) is 18.9 Å². The first-order valence-electron chi connectivity index (χ1n) is 6.68. The molecule has 0 bridgehead atoms. The van der Waals surface area contributed by atoms with Crippen LogP contribution >= 0.6 is 11.6 Å². The lowest BCUT2D eigenvalue weighted by Crippen LogP contribution is -2.42. The first-order chi connectivity index (χ1) is 9.85. The first-order valence-corrected chi connectivity index (χ1v) is 9.11. The van der Waals surface area contributed by atoms with Crippen molar-refractivity contribution in [1.29, 1.82) is 0 Å². The van der Waals surface area contributed by atoms with E-state index in [0.717, 1.165) is 11.8 Å². The summed E-state index contributed by atoms with van der Waals surface area (Å²) in [6.07, 6.45) is 0.959. The Morgan fingerprint density at radius 1 is 1.38 bits per heavy atom. The molecule has 0 radical (unpaired) electrons. The number of hydrogen-bond acceptors (Lipinski definition) is 4. The maximum atomic E-state index is 12.1. The molecule has 2 rings (SSSR count). The second-order valence-corrected chi connectivity index (χ2v) is 7.83. The van der Waals surface area contributed by atoms with Crippen molar-refractivity contribution >= 4 is 27.3 Å². The van der Waals surface area contributed by atoms with E-state index in [2.05, 4.69) is 0 Å². The minimum atomic E-state index is -3.12. The summed E-state index contributed by atoms with van der Waals surface area (Å²) in [5.74, 6) is -0.267. The highest BCUT2D eigenvalue weighted by atomic mass is 35.5. The SMILES string of the molecule is CS(=O)(=O)CCC(=O)N1CCOC(c2ccc(Cl)cc2)C1. The van der Waals surface area contributed by atoms with E-state index in [4.69, 9.17) is 16.3 Å². The lowest BCUT2D eigenvalue weighted by atomic mass is 10.1. The van der Waals surface area contributed by atoms with Gasteiger partial charge < -0.3 is 9.64 Å². The van der Waals surface area contributed by atoms with Crippen molar-refractivity contribution < 1.29 is 17.9 Å². The average molecular weight is 332 g/mol. The van der Waals surface area contributed by atoms with Crippen LogP contribution in [0.2, 0.25) is 5.02 Å². The van der Waals surface area contributed by atoms with Gasteiger partial charge in [-0.25, -0.2) is 8.42 Å². The van der Waals surface area contributed by atoms with Crippen molar-refractivity contribution in [3.05, 3.63) is 34.9 Å². The highest BCUT2D eigenvalue weighted by Gasteiger charge is 2.25. The van der Waals surface area contributed by atoms with E-state index >= 15 is 0 Å². The summed E-state index contributed by atoms with van der Waals surface area (Å²) < 4.78 is 27.9. The zero-order valence-electron chi connectivity index (χ0n) is 11.8. The van der Waals surface area contributed by atoms with Gasteiger partial charge in [-0.2, -0.15) is 0 Å². The first kappa shape index (κ1) is 16.3. The number of benzene rings is 1. The van der Waals surface area contributed by atoms with E-state index in [1.165, 1.54) is 0 Å². The molecule has 21 heavy (non-hydrogen) atoms. The minimum absolute atomic E-state index is 0.0200. The Labute approximate surface area is 129 Å². The number of ether oxygens (including phenoxy) is 1. The fourth-order valence-corrected chi connectivity index (χ4v) is 2.86. The summed E-state index contributed by atoms with van der Waals surface area (Å²) >= 11 is 5.85. The second kappa shape index (κ2) is 6.77. The predicted molar refractivity (Wildman–Crippen MR) is 81.1 cm³/mol. The third kappa shape index (κ3) is 4.98. The summed E-state index contributed by atoms with van der Waals surface area (Å²) in [7, 11) is -3.12. The predicted octanol–water partition coefficient (Wildman–Crippen LogP) is 1.67. The zero-order valence-corrected chi connectivity index (χ0v) is 13.4. The van der Waals surface area contributed by atoms with E-state index in [9.17, 15) is 13.2 Å². The molecule has 116 valence electrons. The van der Waals surface area contributed by atoms with Crippen LogP contribution < -0.4 is 0 Å². The lowest BCUT2D eigenvalue weighted by molar-refractivity contribution is -0.138. The van der Waals surface area contributed by atoms with Crippen LogP contribution in [0.15, 0.2) is 24.3 Å². The Balaban J connectivity index is 1.97. The number of carbonyl (C=O) groups excluding carboxylic acids is 1. The van der Waals surface area contributed by atoms with Crippen LogP contribution in [0.5, 0.6) is 0 Å². The molecule has 1 unspecified atom stereocenters. The van der Waals surface area contributed by atoms with Gasteiger partial charge in [0.2, 0.25) is 5.91 Å². The normalized spacial score (nSPS) is 19.5. The molecule has 1 fully saturated rings. The largest absolute Gasteiger partial charge is 0.370 e. The van der Waals surface area contributed by atoms with Crippen molar-refractivity contribution in [2.75, 3.05) is 31.7 Å². The maximum Gasteiger partial charge on any atom is 0.223 e. The summed E-state index contributed by atoms with van der Waals surface area (Å²) in [6, 6.07) is 7.31. The Bertz CT molecular complexity index is 600. The van der Waals surface area contributed by atoms with Gasteiger partial charge in [0, 0.05) is 24.2 Å². The standard InChI is InChI=1S/C14H18ClNO4S/c1-21(18,19)9-6-14(17)16-7-8-20-13(10-16)11-2-4-12(15)5-3-11/h2-5,13H,6-10H2,1H3. The summed E-state index contributed by atoms with van der Waals surface area (Å²) in [5.41, 5.74) is 0.958. The highest BCUT2D eigenvalue weighted by molar-refractivity contribution is 7.90. The topological polar surface area (TPSA) is 63.7 Å². The molecular formula is C14H18ClNO4S. The van der Waals surface area contributed by atoms with Gasteiger partial charge in [0.15, 0.2) is 0 Å². The molecule has 0 spiro atoms. The number of carbonyl (C=O) groups is 1. The highest BCUT2D eigenvalue weighted by Crippen LogP contribution is 2.24. The molecule has 0 saturated carbocycles. The van der Waals surface area contributed by atoms with Crippen LogP contribution in [0.25, 0.3) is 0 Å². The zero-order chi connectivity index (χ0) is 15.5. The molecular weight excluding hydrogens is 314 g/mol. The smallest absolute Gasteiger partial charge is 0.223 e. The van der Waals surface area contributed by atoms with Crippen molar-refractivity contribution in [3.63, 3.8) is 0 Å². The molecule has 1 heterocycles. The fraction of sp³-hybridized carbons (Fsp3) is 0.500. The van der Waals surface area contributed by atoms with Crippen LogP contribution in [0.3, 0.4) is 0 Å². The molecule has 1 aromatic rings. The van der Waals surface area contributed by atoms with E-state index in [-0.39, 0.29) is 24.2 Å². The van der Waals surface area contributed by atoms with Crippen LogP contribution in [-0.4, -0.2) is 50.9 Å². The van der Waals surface area contributed by atoms with Gasteiger partial charge in [0.1, 0.15) is 15.9 Å². The van der Waals surface area contributed by atoms with Crippen molar-refractivity contribution in [2.45, 2.75) is 12.5 Å². The Morgan fingerprint density at radius 2 is 2.05 bits per heavy atom. The van der Waals surface area contributed by atoms with Gasteiger partial charge in [0.25, 0.3) is 0 Å². The molecule has 0 N–H and O–H groups in total. The van der Waals surface area contributed by atoms with Crippen LogP contribution in [-0.2, 0) is 19.4 Å². The second-order valence-electron chi connectivity index (χ2n) is 5.13. The van der Waals surface area contributed by atoms with Crippen LogP contribution in [0, 0.1) is 0 Å². The molecule has 1 aliphatic heterocycles. The Kier molecular flexibility index (Phi) is 5.24. The number of sulfone groups is 1. The quantitative estimate of drug-likeness (QED) is 0.842. The molecule has 1 saturated heterocycles. The number of amides is 1. The monoisotopic (exact) mass is 331 g/mol. The molecule has 1 aromatic carbocycles. The number of hydrogen-bond donors (Lipinski definition) is 0. The van der Waals surface area contributed by atoms with Crippen molar-refractivity contribution in [1.82, 2.24) is 4.90 Å². The Morgan fingerprint density at radius 3 is 2.67 bits per heavy atom. The fourth-order valence-electron chi connectivity index (χ4n) is 2.19. The third-order valence-corrected chi connectivity index (χ3v) is 4.55. The van der Waals surface area contributed by atoms with E-state index in [1.807, 2.05) is 12.1 Å². The number of nitrogens with zero attached hydrogens (tertiary/aromatic N) is 1. The molecule has 0 aromatic heterocycles. The summed E-state index contributed by atoms with van der Waals surface area (Å²) in [4.78, 5) is 13.7. The lowest BCUT2D eigenvalue weighted by Gasteiger charge is -2.33. The molecule has 7 heteroatoms. The maximum absolute atomic E-state index is 12.1. The molecule has 1 aliphatic rings. The van der Waals surface area contributed by atoms with E-state index in [1.54, 1.807) is 17.0 Å². The van der Waals surface area contributed by atoms with Gasteiger partial charge >= 0.3 is 0 Å². The van der Waals surface area contributed by atoms with Crippen LogP contribution in [0.4, 0.5) is 0 Å². The molecule has 0 aliphatic carbocycles. The van der Waals surface area contributed by atoms with Crippen molar-refractivity contribution in [2.24, 2.45) is 0 Å². The number of halogens is 1. The molecule has 5 nitrogen and oxygen atoms in total. The number of morpholine rings is 1. The molecule has 1 amide bonds. The minimum Gasteiger partial charge on any atom is -0.370 e. The van der Waals surface area contributed by atoms with Crippen LogP contribution in [0.1, 0.15) is 18.1 Å².